The molecule has 0 aliphatic heterocycles. The molecule has 0 spiro atoms. The van der Waals surface area contributed by atoms with Crippen LogP contribution in [0.15, 0.2) is 12.3 Å². The van der Waals surface area contributed by atoms with E-state index < -0.39 is 16.8 Å². The quantitative estimate of drug-likeness (QED) is 0.758. The topological polar surface area (TPSA) is 94.3 Å². The zero-order valence-corrected chi connectivity index (χ0v) is 12.1. The van der Waals surface area contributed by atoms with Gasteiger partial charge < -0.3 is 15.8 Å². The van der Waals surface area contributed by atoms with Crippen LogP contribution < -0.4 is 11.1 Å². The molecule has 0 aliphatic rings. The number of anilines is 2. The van der Waals surface area contributed by atoms with Crippen LogP contribution in [-0.2, 0) is 15.5 Å². The highest BCUT2D eigenvalue weighted by Crippen LogP contribution is 2.16. The average molecular weight is 285 g/mol. The monoisotopic (exact) mass is 285 g/mol. The minimum absolute atomic E-state index is 0.0860. The van der Waals surface area contributed by atoms with Crippen molar-refractivity contribution in [3.8, 4) is 0 Å². The van der Waals surface area contributed by atoms with Crippen molar-refractivity contribution in [3.63, 3.8) is 0 Å². The zero-order valence-electron chi connectivity index (χ0n) is 11.3. The van der Waals surface area contributed by atoms with Gasteiger partial charge in [0.25, 0.3) is 0 Å². The molecule has 106 valence electrons. The minimum atomic E-state index is -0.860. The Kier molecular flexibility index (Phi) is 5.75. The first-order chi connectivity index (χ1) is 8.95. The number of nitrogens with zero attached hydrogens (tertiary/aromatic N) is 1. The number of hydrogen-bond acceptors (Lipinski definition) is 6. The maximum atomic E-state index is 11.6. The fourth-order valence-corrected chi connectivity index (χ4v) is 1.90. The van der Waals surface area contributed by atoms with Gasteiger partial charge in [0.2, 0.25) is 0 Å². The predicted octanol–water partition coefficient (Wildman–Crippen LogP) is 1.02. The number of hydrogen-bond donors (Lipinski definition) is 2. The van der Waals surface area contributed by atoms with Gasteiger partial charge >= 0.3 is 5.97 Å². The standard InChI is InChI=1S/C12H19N3O3S/c1-8(19(3)17)4-5-14-11-10(12(16)18-2)6-9(13)7-15-11/h6-8H,4-5,13H2,1-3H3,(H,14,15). The van der Waals surface area contributed by atoms with Crippen LogP contribution in [0.5, 0.6) is 0 Å². The van der Waals surface area contributed by atoms with Crippen molar-refractivity contribution < 1.29 is 13.7 Å². The van der Waals surface area contributed by atoms with Gasteiger partial charge in [-0.1, -0.05) is 6.92 Å². The van der Waals surface area contributed by atoms with Crippen LogP contribution in [-0.4, -0.2) is 40.3 Å². The molecule has 1 rings (SSSR count). The van der Waals surface area contributed by atoms with Crippen LogP contribution in [0.1, 0.15) is 23.7 Å². The third-order valence-corrected chi connectivity index (χ3v) is 4.09. The van der Waals surface area contributed by atoms with Gasteiger partial charge in [-0.05, 0) is 12.5 Å². The Hall–Kier alpha value is -1.63. The smallest absolute Gasteiger partial charge is 0.341 e. The Morgan fingerprint density at radius 2 is 2.32 bits per heavy atom. The van der Waals surface area contributed by atoms with Crippen LogP contribution in [0.3, 0.4) is 0 Å². The molecule has 6 nitrogen and oxygen atoms in total. The molecule has 2 atom stereocenters. The highest BCUT2D eigenvalue weighted by atomic mass is 32.2. The SMILES string of the molecule is COC(=O)c1cc(N)cnc1NCCC(C)S(C)=O. The first kappa shape index (κ1) is 15.4. The van der Waals surface area contributed by atoms with E-state index in [2.05, 4.69) is 15.0 Å². The number of nitrogens with one attached hydrogen (secondary N) is 1. The summed E-state index contributed by atoms with van der Waals surface area (Å²) in [6, 6.07) is 1.52. The van der Waals surface area contributed by atoms with Gasteiger partial charge in [0, 0.05) is 28.9 Å². The van der Waals surface area contributed by atoms with Crippen molar-refractivity contribution in [2.45, 2.75) is 18.6 Å². The first-order valence-corrected chi connectivity index (χ1v) is 7.47. The maximum absolute atomic E-state index is 11.6. The molecule has 2 unspecified atom stereocenters. The van der Waals surface area contributed by atoms with E-state index in [9.17, 15) is 9.00 Å². The summed E-state index contributed by atoms with van der Waals surface area (Å²) in [5, 5.41) is 3.13. The lowest BCUT2D eigenvalue weighted by Gasteiger charge is -2.12. The molecular weight excluding hydrogens is 266 g/mol. The van der Waals surface area contributed by atoms with Crippen molar-refractivity contribution in [1.29, 1.82) is 0 Å². The molecule has 3 N–H and O–H groups in total. The van der Waals surface area contributed by atoms with Crippen LogP contribution in [0, 0.1) is 0 Å². The molecule has 1 aromatic rings. The van der Waals surface area contributed by atoms with Gasteiger partial charge in [0.1, 0.15) is 11.4 Å². The van der Waals surface area contributed by atoms with E-state index in [1.165, 1.54) is 19.4 Å². The van der Waals surface area contributed by atoms with E-state index in [1.807, 2.05) is 6.92 Å². The van der Waals surface area contributed by atoms with Gasteiger partial charge in [-0.15, -0.1) is 0 Å². The molecule has 0 saturated heterocycles. The number of pyridine rings is 1. The molecule has 0 aromatic carbocycles. The molecule has 1 heterocycles. The second-order valence-electron chi connectivity index (χ2n) is 4.18. The Bertz CT molecular complexity index is 479. The molecule has 0 saturated carbocycles. The Balaban J connectivity index is 2.72. The maximum Gasteiger partial charge on any atom is 0.341 e. The van der Waals surface area contributed by atoms with Gasteiger partial charge in [-0.25, -0.2) is 9.78 Å². The molecule has 19 heavy (non-hydrogen) atoms. The summed E-state index contributed by atoms with van der Waals surface area (Å²) in [6.45, 7) is 2.48. The van der Waals surface area contributed by atoms with Crippen molar-refractivity contribution in [3.05, 3.63) is 17.8 Å². The first-order valence-electron chi connectivity index (χ1n) is 5.85. The van der Waals surface area contributed by atoms with E-state index in [0.29, 0.717) is 23.6 Å². The van der Waals surface area contributed by atoms with Gasteiger partial charge in [-0.3, -0.25) is 4.21 Å². The van der Waals surface area contributed by atoms with E-state index >= 15 is 0 Å². The molecule has 0 fully saturated rings. The summed E-state index contributed by atoms with van der Waals surface area (Å²) in [6.07, 6.45) is 3.86. The second kappa shape index (κ2) is 7.08. The highest BCUT2D eigenvalue weighted by molar-refractivity contribution is 7.84. The van der Waals surface area contributed by atoms with Crippen LogP contribution in [0.25, 0.3) is 0 Å². The third-order valence-electron chi connectivity index (χ3n) is 2.72. The number of nitrogens with two attached hydrogens (primary N) is 1. The van der Waals surface area contributed by atoms with Crippen LogP contribution in [0.2, 0.25) is 0 Å². The molecule has 1 aromatic heterocycles. The van der Waals surface area contributed by atoms with Crippen molar-refractivity contribution in [2.75, 3.05) is 31.0 Å². The number of carbonyl (C=O) groups excluding carboxylic acids is 1. The lowest BCUT2D eigenvalue weighted by atomic mass is 10.2. The lowest BCUT2D eigenvalue weighted by molar-refractivity contribution is 0.0601. The van der Waals surface area contributed by atoms with E-state index in [1.54, 1.807) is 6.26 Å². The fraction of sp³-hybridized carbons (Fsp3) is 0.500. The molecule has 0 bridgehead atoms. The van der Waals surface area contributed by atoms with Crippen molar-refractivity contribution in [2.24, 2.45) is 0 Å². The summed E-state index contributed by atoms with van der Waals surface area (Å²) in [7, 11) is 0.444. The van der Waals surface area contributed by atoms with Crippen LogP contribution in [0.4, 0.5) is 11.5 Å². The van der Waals surface area contributed by atoms with Crippen molar-refractivity contribution >= 4 is 28.3 Å². The highest BCUT2D eigenvalue weighted by Gasteiger charge is 2.14. The Morgan fingerprint density at radius 3 is 2.89 bits per heavy atom. The van der Waals surface area contributed by atoms with Crippen molar-refractivity contribution in [1.82, 2.24) is 4.98 Å². The minimum Gasteiger partial charge on any atom is -0.465 e. The third kappa shape index (κ3) is 4.51. The lowest BCUT2D eigenvalue weighted by Crippen LogP contribution is -2.17. The molecule has 7 heteroatoms. The van der Waals surface area contributed by atoms with Gasteiger partial charge in [0.15, 0.2) is 0 Å². The summed E-state index contributed by atoms with van der Waals surface area (Å²) in [4.78, 5) is 15.7. The number of rotatable bonds is 6. The molecule has 0 amide bonds. The predicted molar refractivity (Wildman–Crippen MR) is 76.6 cm³/mol. The molecule has 0 aliphatic carbocycles. The fourth-order valence-electron chi connectivity index (χ4n) is 1.45. The Morgan fingerprint density at radius 1 is 1.63 bits per heavy atom. The number of aromatic nitrogens is 1. The number of esters is 1. The molecular formula is C12H19N3O3S. The van der Waals surface area contributed by atoms with E-state index in [0.717, 1.165) is 6.42 Å². The summed E-state index contributed by atoms with van der Waals surface area (Å²) < 4.78 is 15.9. The molecule has 0 radical (unpaired) electrons. The van der Waals surface area contributed by atoms with E-state index in [4.69, 9.17) is 5.73 Å². The zero-order chi connectivity index (χ0) is 14.4. The summed E-state index contributed by atoms with van der Waals surface area (Å²) >= 11 is 0. The van der Waals surface area contributed by atoms with Gasteiger partial charge in [-0.2, -0.15) is 0 Å². The Labute approximate surface area is 115 Å². The average Bonchev–Trinajstić information content (AvgIpc) is 2.39. The van der Waals surface area contributed by atoms with Gasteiger partial charge in [0.05, 0.1) is 19.0 Å². The summed E-state index contributed by atoms with van der Waals surface area (Å²) in [5.74, 6) is -0.0652. The second-order valence-corrected chi connectivity index (χ2v) is 5.98. The normalized spacial score (nSPS) is 13.6. The number of carbonyl (C=O) groups is 1. The summed E-state index contributed by atoms with van der Waals surface area (Å²) in [5.41, 5.74) is 6.29. The largest absolute Gasteiger partial charge is 0.465 e. The van der Waals surface area contributed by atoms with E-state index in [-0.39, 0.29) is 5.25 Å². The number of methoxy groups -OCH3 is 1. The number of nitrogen functional groups attached to an aromatic ring is 1. The van der Waals surface area contributed by atoms with Crippen LogP contribution >= 0.6 is 0 Å². The number of ether oxygens (including phenoxy) is 1.